The molecule has 38 heavy (non-hydrogen) atoms. The van der Waals surface area contributed by atoms with Crippen molar-refractivity contribution < 1.29 is 14.2 Å². The van der Waals surface area contributed by atoms with E-state index in [0.29, 0.717) is 24.3 Å². The number of piperidine rings is 3. The number of hydrogen-bond acceptors (Lipinski definition) is 7. The van der Waals surface area contributed by atoms with Crippen molar-refractivity contribution in [3.63, 3.8) is 0 Å². The van der Waals surface area contributed by atoms with Crippen molar-refractivity contribution in [2.45, 2.75) is 38.3 Å². The van der Waals surface area contributed by atoms with Crippen molar-refractivity contribution in [1.29, 1.82) is 0 Å². The van der Waals surface area contributed by atoms with E-state index in [1.54, 1.807) is 13.2 Å². The van der Waals surface area contributed by atoms with Gasteiger partial charge in [-0.25, -0.2) is 0 Å². The van der Waals surface area contributed by atoms with Gasteiger partial charge in [0.1, 0.15) is 18.5 Å². The molecule has 2 bridgehead atoms. The van der Waals surface area contributed by atoms with Gasteiger partial charge < -0.3 is 14.2 Å². The van der Waals surface area contributed by atoms with Gasteiger partial charge >= 0.3 is 0 Å². The molecule has 3 saturated heterocycles. The molecule has 7 heteroatoms. The minimum atomic E-state index is -0.245. The lowest BCUT2D eigenvalue weighted by Crippen LogP contribution is -2.56. The Kier molecular flexibility index (Phi) is 6.85. The third-order valence-electron chi connectivity index (χ3n) is 8.29. The lowest BCUT2D eigenvalue weighted by Gasteiger charge is -2.51. The molecule has 3 aliphatic heterocycles. The van der Waals surface area contributed by atoms with E-state index in [1.807, 2.05) is 42.6 Å². The molecule has 7 rings (SSSR count). The van der Waals surface area contributed by atoms with Crippen LogP contribution >= 0.6 is 0 Å². The molecular weight excluding hydrogens is 476 g/mol. The fourth-order valence-corrected chi connectivity index (χ4v) is 6.33. The van der Waals surface area contributed by atoms with Crippen molar-refractivity contribution >= 4 is 21.7 Å². The zero-order valence-electron chi connectivity index (χ0n) is 22.0. The molecule has 1 unspecified atom stereocenters. The van der Waals surface area contributed by atoms with Crippen LogP contribution in [0.25, 0.3) is 21.7 Å². The van der Waals surface area contributed by atoms with E-state index in [0.717, 1.165) is 58.4 Å². The highest BCUT2D eigenvalue weighted by Gasteiger charge is 2.44. The second-order valence-corrected chi connectivity index (χ2v) is 10.3. The quantitative estimate of drug-likeness (QED) is 0.256. The summed E-state index contributed by atoms with van der Waals surface area (Å²) >= 11 is 0. The Balaban J connectivity index is 1.46. The second-order valence-electron chi connectivity index (χ2n) is 10.3. The molecule has 0 radical (unpaired) electrons. The summed E-state index contributed by atoms with van der Waals surface area (Å²) in [6, 6.07) is 16.3. The first-order valence-electron chi connectivity index (χ1n) is 13.5. The third kappa shape index (κ3) is 4.45. The standard InChI is InChI=1S/C31H34N4O3/c1-4-16-37-30-24-8-6-7-9-25(24)31(34-33-30)38-29(28-17-21-13-15-35(28)19-20(21)5-2)23-12-14-32-27-11-10-22(36-3)18-26(23)27/h4,6-12,14,18,20-21,28-29H,1,5,13,15-17,19H2,2-3H3/t20-,21-,28+,29-/m0/s1. The van der Waals surface area contributed by atoms with Crippen molar-refractivity contribution in [2.24, 2.45) is 11.8 Å². The van der Waals surface area contributed by atoms with Gasteiger partial charge in [-0.1, -0.05) is 38.1 Å². The number of nitrogens with zero attached hydrogens (tertiary/aromatic N) is 4. The van der Waals surface area contributed by atoms with Gasteiger partial charge in [-0.05, 0) is 67.6 Å². The van der Waals surface area contributed by atoms with E-state index in [1.165, 1.54) is 12.8 Å². The largest absolute Gasteiger partial charge is 0.497 e. The minimum Gasteiger partial charge on any atom is -0.497 e. The summed E-state index contributed by atoms with van der Waals surface area (Å²) in [5.74, 6) is 3.25. The molecule has 2 aromatic heterocycles. The molecule has 4 aromatic rings. The molecule has 2 aromatic carbocycles. The molecule has 0 N–H and O–H groups in total. The van der Waals surface area contributed by atoms with Crippen LogP contribution in [0.3, 0.4) is 0 Å². The predicted octanol–water partition coefficient (Wildman–Crippen LogP) is 5.99. The van der Waals surface area contributed by atoms with E-state index in [2.05, 4.69) is 45.7 Å². The Labute approximate surface area is 223 Å². The smallest absolute Gasteiger partial charge is 0.242 e. The van der Waals surface area contributed by atoms with Gasteiger partial charge in [0.05, 0.1) is 29.4 Å². The van der Waals surface area contributed by atoms with E-state index >= 15 is 0 Å². The minimum absolute atomic E-state index is 0.227. The maximum atomic E-state index is 6.96. The summed E-state index contributed by atoms with van der Waals surface area (Å²) in [4.78, 5) is 7.27. The summed E-state index contributed by atoms with van der Waals surface area (Å²) < 4.78 is 18.3. The molecule has 3 aliphatic rings. The Hall–Kier alpha value is -3.71. The van der Waals surface area contributed by atoms with Crippen molar-refractivity contribution in [3.8, 4) is 17.5 Å². The number of aromatic nitrogens is 3. The van der Waals surface area contributed by atoms with Gasteiger partial charge in [0.2, 0.25) is 11.8 Å². The van der Waals surface area contributed by atoms with Gasteiger partial charge in [-0.2, -0.15) is 0 Å². The first kappa shape index (κ1) is 24.6. The van der Waals surface area contributed by atoms with Crippen LogP contribution in [-0.2, 0) is 0 Å². The SMILES string of the molecule is C=CCOc1nnc(O[C@@H](c2ccnc3ccc(OC)cc23)[C@H]2C[C@@H]3CCN2C[C@@H]3CC)c2ccccc12. The molecule has 5 atom stereocenters. The summed E-state index contributed by atoms with van der Waals surface area (Å²) in [5.41, 5.74) is 2.01. The normalized spacial score (nSPS) is 23.3. The number of hydrogen-bond donors (Lipinski definition) is 0. The number of rotatable bonds is 9. The molecule has 0 amide bonds. The zero-order valence-corrected chi connectivity index (χ0v) is 22.0. The van der Waals surface area contributed by atoms with Crippen molar-refractivity contribution in [3.05, 3.63) is 72.9 Å². The highest BCUT2D eigenvalue weighted by atomic mass is 16.5. The lowest BCUT2D eigenvalue weighted by molar-refractivity contribution is -0.0491. The van der Waals surface area contributed by atoms with E-state index in [9.17, 15) is 0 Å². The van der Waals surface area contributed by atoms with Gasteiger partial charge in [0, 0.05) is 23.7 Å². The van der Waals surface area contributed by atoms with Gasteiger partial charge in [-0.15, -0.1) is 10.2 Å². The molecule has 196 valence electrons. The van der Waals surface area contributed by atoms with Crippen molar-refractivity contribution in [2.75, 3.05) is 26.8 Å². The Bertz CT molecular complexity index is 1460. The fourth-order valence-electron chi connectivity index (χ4n) is 6.33. The summed E-state index contributed by atoms with van der Waals surface area (Å²) in [6.07, 6.45) is 6.91. The monoisotopic (exact) mass is 510 g/mol. The second kappa shape index (κ2) is 10.6. The first-order valence-corrected chi connectivity index (χ1v) is 13.5. The van der Waals surface area contributed by atoms with Crippen LogP contribution in [0.15, 0.2) is 67.4 Å². The van der Waals surface area contributed by atoms with Gasteiger partial charge in [0.15, 0.2) is 0 Å². The maximum Gasteiger partial charge on any atom is 0.242 e. The Morgan fingerprint density at radius 2 is 1.89 bits per heavy atom. The third-order valence-corrected chi connectivity index (χ3v) is 8.29. The summed E-state index contributed by atoms with van der Waals surface area (Å²) in [5, 5.41) is 11.7. The number of benzene rings is 2. The lowest BCUT2D eigenvalue weighted by atomic mass is 9.72. The van der Waals surface area contributed by atoms with Crippen molar-refractivity contribution in [1.82, 2.24) is 20.1 Å². The van der Waals surface area contributed by atoms with Crippen LogP contribution in [0, 0.1) is 11.8 Å². The molecule has 3 fully saturated rings. The highest BCUT2D eigenvalue weighted by molar-refractivity contribution is 5.90. The summed E-state index contributed by atoms with van der Waals surface area (Å²) in [6.45, 7) is 8.63. The molecule has 5 heterocycles. The average Bonchev–Trinajstić information content (AvgIpc) is 2.98. The van der Waals surface area contributed by atoms with Crippen LogP contribution in [-0.4, -0.2) is 52.9 Å². The van der Waals surface area contributed by atoms with Crippen LogP contribution in [0.1, 0.15) is 37.9 Å². The van der Waals surface area contributed by atoms with Crippen LogP contribution < -0.4 is 14.2 Å². The Morgan fingerprint density at radius 3 is 2.63 bits per heavy atom. The average molecular weight is 511 g/mol. The van der Waals surface area contributed by atoms with E-state index < -0.39 is 0 Å². The molecule has 7 nitrogen and oxygen atoms in total. The van der Waals surface area contributed by atoms with Crippen LogP contribution in [0.2, 0.25) is 0 Å². The van der Waals surface area contributed by atoms with Gasteiger partial charge in [-0.3, -0.25) is 9.88 Å². The number of ether oxygens (including phenoxy) is 3. The number of pyridine rings is 1. The van der Waals surface area contributed by atoms with E-state index in [4.69, 9.17) is 14.2 Å². The highest BCUT2D eigenvalue weighted by Crippen LogP contribution is 2.45. The van der Waals surface area contributed by atoms with Gasteiger partial charge in [0.25, 0.3) is 0 Å². The van der Waals surface area contributed by atoms with Crippen LogP contribution in [0.4, 0.5) is 0 Å². The molecular formula is C31H34N4O3. The Morgan fingerprint density at radius 1 is 1.08 bits per heavy atom. The fraction of sp³-hybridized carbons (Fsp3) is 0.387. The molecule has 0 spiro atoms. The molecule has 0 saturated carbocycles. The maximum absolute atomic E-state index is 6.96. The zero-order chi connectivity index (χ0) is 26.1. The van der Waals surface area contributed by atoms with Crippen LogP contribution in [0.5, 0.6) is 17.5 Å². The number of fused-ring (bicyclic) bond motifs is 5. The topological polar surface area (TPSA) is 69.6 Å². The van der Waals surface area contributed by atoms with E-state index in [-0.39, 0.29) is 12.1 Å². The first-order chi connectivity index (χ1) is 18.7. The number of methoxy groups -OCH3 is 1. The predicted molar refractivity (Wildman–Crippen MR) is 149 cm³/mol. The summed E-state index contributed by atoms with van der Waals surface area (Å²) in [7, 11) is 1.69. The molecule has 0 aliphatic carbocycles.